The van der Waals surface area contributed by atoms with E-state index in [-0.39, 0.29) is 22.9 Å². The molecular formula is C18H16FN3O2. The third-order valence-corrected chi connectivity index (χ3v) is 3.45. The zero-order valence-electron chi connectivity index (χ0n) is 13.2. The molecule has 0 saturated carbocycles. The average molecular weight is 325 g/mol. The Balaban J connectivity index is 2.03. The minimum Gasteiger partial charge on any atom is -0.507 e. The largest absolute Gasteiger partial charge is 0.507 e. The van der Waals surface area contributed by atoms with Crippen LogP contribution in [0.3, 0.4) is 0 Å². The van der Waals surface area contributed by atoms with Crippen molar-refractivity contribution in [3.8, 4) is 5.75 Å². The van der Waals surface area contributed by atoms with Gasteiger partial charge in [0.1, 0.15) is 11.6 Å². The number of hydrogen-bond donors (Lipinski definition) is 2. The van der Waals surface area contributed by atoms with E-state index in [2.05, 4.69) is 15.3 Å². The maximum Gasteiger partial charge on any atom is 0.223 e. The molecule has 0 aliphatic heterocycles. The second-order valence-electron chi connectivity index (χ2n) is 5.76. The fraction of sp³-hybridized carbons (Fsp3) is 0.167. The number of aromatic hydroxyl groups is 1. The zero-order chi connectivity index (χ0) is 17.3. The van der Waals surface area contributed by atoms with Crippen LogP contribution >= 0.6 is 0 Å². The van der Waals surface area contributed by atoms with E-state index in [1.54, 1.807) is 6.20 Å². The molecule has 0 unspecified atom stereocenters. The minimum atomic E-state index is -0.506. The van der Waals surface area contributed by atoms with Gasteiger partial charge in [-0.25, -0.2) is 14.4 Å². The predicted octanol–water partition coefficient (Wildman–Crippen LogP) is 3.53. The van der Waals surface area contributed by atoms with E-state index in [1.165, 1.54) is 30.3 Å². The third kappa shape index (κ3) is 3.17. The van der Waals surface area contributed by atoms with Crippen LogP contribution in [0.15, 0.2) is 42.6 Å². The summed E-state index contributed by atoms with van der Waals surface area (Å²) in [5.74, 6) is -0.723. The Labute approximate surface area is 138 Å². The lowest BCUT2D eigenvalue weighted by molar-refractivity contribution is 0.103. The van der Waals surface area contributed by atoms with E-state index in [4.69, 9.17) is 0 Å². The van der Waals surface area contributed by atoms with Crippen molar-refractivity contribution in [2.75, 3.05) is 5.32 Å². The second kappa shape index (κ2) is 6.23. The quantitative estimate of drug-likeness (QED) is 0.718. The third-order valence-electron chi connectivity index (χ3n) is 3.45. The number of carbonyl (C=O) groups excluding carboxylic acids is 1. The lowest BCUT2D eigenvalue weighted by Crippen LogP contribution is -2.12. The summed E-state index contributed by atoms with van der Waals surface area (Å²) in [4.78, 5) is 21.0. The smallest absolute Gasteiger partial charge is 0.223 e. The van der Waals surface area contributed by atoms with Gasteiger partial charge in [0, 0.05) is 29.3 Å². The van der Waals surface area contributed by atoms with Crippen molar-refractivity contribution in [3.05, 3.63) is 59.5 Å². The molecule has 2 N–H and O–H groups in total. The van der Waals surface area contributed by atoms with Gasteiger partial charge in [0.05, 0.1) is 11.1 Å². The van der Waals surface area contributed by atoms with Gasteiger partial charge in [-0.2, -0.15) is 0 Å². The standard InChI is InChI=1S/C18H16FN3O2/c1-10(2)21-18-20-9-12-7-14(16(23)8-15(12)22-18)17(24)11-4-3-5-13(19)6-11/h3-10,23H,1-2H3,(H,20,21,22). The molecule has 2 aromatic carbocycles. The molecule has 3 aromatic rings. The van der Waals surface area contributed by atoms with Crippen molar-refractivity contribution in [2.24, 2.45) is 0 Å². The van der Waals surface area contributed by atoms with Gasteiger partial charge in [-0.15, -0.1) is 0 Å². The Hall–Kier alpha value is -3.02. The van der Waals surface area contributed by atoms with Crippen molar-refractivity contribution >= 4 is 22.6 Å². The summed E-state index contributed by atoms with van der Waals surface area (Å²) in [5, 5.41) is 13.9. The van der Waals surface area contributed by atoms with E-state index in [1.807, 2.05) is 13.8 Å². The Morgan fingerprint density at radius 1 is 1.25 bits per heavy atom. The molecule has 0 bridgehead atoms. The number of anilines is 1. The number of nitrogens with one attached hydrogen (secondary N) is 1. The lowest BCUT2D eigenvalue weighted by atomic mass is 10.0. The topological polar surface area (TPSA) is 75.1 Å². The molecule has 1 aromatic heterocycles. The average Bonchev–Trinajstić information content (AvgIpc) is 2.53. The number of carbonyl (C=O) groups is 1. The van der Waals surface area contributed by atoms with Crippen molar-refractivity contribution in [1.82, 2.24) is 9.97 Å². The molecule has 1 heterocycles. The zero-order valence-corrected chi connectivity index (χ0v) is 13.2. The molecule has 0 aliphatic rings. The first-order valence-corrected chi connectivity index (χ1v) is 7.50. The number of nitrogens with zero attached hydrogens (tertiary/aromatic N) is 2. The number of phenolic OH excluding ortho intramolecular Hbond substituents is 1. The summed E-state index contributed by atoms with van der Waals surface area (Å²) in [7, 11) is 0. The molecular weight excluding hydrogens is 309 g/mol. The first-order chi connectivity index (χ1) is 11.4. The number of halogens is 1. The number of phenols is 1. The normalized spacial score (nSPS) is 11.0. The van der Waals surface area contributed by atoms with Gasteiger partial charge in [0.2, 0.25) is 5.95 Å². The summed E-state index contributed by atoms with van der Waals surface area (Å²) < 4.78 is 13.3. The van der Waals surface area contributed by atoms with Gasteiger partial charge < -0.3 is 10.4 Å². The summed E-state index contributed by atoms with van der Waals surface area (Å²) in [6.07, 6.45) is 1.58. The Bertz CT molecular complexity index is 925. The first-order valence-electron chi connectivity index (χ1n) is 7.50. The highest BCUT2D eigenvalue weighted by Crippen LogP contribution is 2.26. The van der Waals surface area contributed by atoms with Gasteiger partial charge in [-0.3, -0.25) is 4.79 Å². The summed E-state index contributed by atoms with van der Waals surface area (Å²) in [5.41, 5.74) is 0.770. The summed E-state index contributed by atoms with van der Waals surface area (Å²) in [6, 6.07) is 8.44. The molecule has 0 fully saturated rings. The van der Waals surface area contributed by atoms with E-state index >= 15 is 0 Å². The van der Waals surface area contributed by atoms with Crippen LogP contribution in [0.1, 0.15) is 29.8 Å². The number of fused-ring (bicyclic) bond motifs is 1. The van der Waals surface area contributed by atoms with E-state index in [0.717, 1.165) is 6.07 Å². The number of aromatic nitrogens is 2. The molecule has 3 rings (SSSR count). The highest BCUT2D eigenvalue weighted by molar-refractivity contribution is 6.12. The van der Waals surface area contributed by atoms with Crippen molar-refractivity contribution in [1.29, 1.82) is 0 Å². The van der Waals surface area contributed by atoms with Crippen molar-refractivity contribution < 1.29 is 14.3 Å². The number of ketones is 1. The van der Waals surface area contributed by atoms with Gasteiger partial charge >= 0.3 is 0 Å². The highest BCUT2D eigenvalue weighted by atomic mass is 19.1. The molecule has 0 saturated heterocycles. The van der Waals surface area contributed by atoms with Gasteiger partial charge in [-0.05, 0) is 32.0 Å². The number of benzene rings is 2. The van der Waals surface area contributed by atoms with Crippen LogP contribution in [0.25, 0.3) is 10.9 Å². The molecule has 0 atom stereocenters. The molecule has 5 nitrogen and oxygen atoms in total. The molecule has 6 heteroatoms. The number of rotatable bonds is 4. The predicted molar refractivity (Wildman–Crippen MR) is 89.8 cm³/mol. The minimum absolute atomic E-state index is 0.0845. The maximum absolute atomic E-state index is 13.3. The van der Waals surface area contributed by atoms with Crippen LogP contribution in [0.5, 0.6) is 5.75 Å². The van der Waals surface area contributed by atoms with Gasteiger partial charge in [-0.1, -0.05) is 12.1 Å². The SMILES string of the molecule is CC(C)Nc1ncc2cc(C(=O)c3cccc(F)c3)c(O)cc2n1. The first kappa shape index (κ1) is 15.9. The lowest BCUT2D eigenvalue weighted by Gasteiger charge is -2.10. The van der Waals surface area contributed by atoms with Crippen LogP contribution < -0.4 is 5.32 Å². The molecule has 24 heavy (non-hydrogen) atoms. The highest BCUT2D eigenvalue weighted by Gasteiger charge is 2.16. The van der Waals surface area contributed by atoms with Crippen LogP contribution in [0.4, 0.5) is 10.3 Å². The van der Waals surface area contributed by atoms with Gasteiger partial charge in [0.25, 0.3) is 0 Å². The van der Waals surface area contributed by atoms with Crippen LogP contribution in [0.2, 0.25) is 0 Å². The fourth-order valence-corrected chi connectivity index (χ4v) is 2.36. The molecule has 0 aliphatic carbocycles. The van der Waals surface area contributed by atoms with Crippen molar-refractivity contribution in [3.63, 3.8) is 0 Å². The Morgan fingerprint density at radius 3 is 2.75 bits per heavy atom. The molecule has 0 spiro atoms. The summed E-state index contributed by atoms with van der Waals surface area (Å²) >= 11 is 0. The summed E-state index contributed by atoms with van der Waals surface area (Å²) in [6.45, 7) is 3.93. The maximum atomic E-state index is 13.3. The number of hydrogen-bond acceptors (Lipinski definition) is 5. The second-order valence-corrected chi connectivity index (χ2v) is 5.76. The van der Waals surface area contributed by atoms with Crippen LogP contribution in [-0.4, -0.2) is 26.9 Å². The van der Waals surface area contributed by atoms with Crippen LogP contribution in [0, 0.1) is 5.82 Å². The van der Waals surface area contributed by atoms with Crippen molar-refractivity contribution in [2.45, 2.75) is 19.9 Å². The van der Waals surface area contributed by atoms with Crippen LogP contribution in [-0.2, 0) is 0 Å². The van der Waals surface area contributed by atoms with Gasteiger partial charge in [0.15, 0.2) is 5.78 Å². The molecule has 122 valence electrons. The molecule has 0 amide bonds. The fourth-order valence-electron chi connectivity index (χ4n) is 2.36. The Kier molecular flexibility index (Phi) is 4.12. The van der Waals surface area contributed by atoms with E-state index < -0.39 is 11.6 Å². The monoisotopic (exact) mass is 325 g/mol. The molecule has 0 radical (unpaired) electrons. The van der Waals surface area contributed by atoms with E-state index in [0.29, 0.717) is 16.9 Å². The Morgan fingerprint density at radius 2 is 2.04 bits per heavy atom. The van der Waals surface area contributed by atoms with E-state index in [9.17, 15) is 14.3 Å².